The third-order valence-corrected chi connectivity index (χ3v) is 9.58. The van der Waals surface area contributed by atoms with Crippen LogP contribution in [0.5, 0.6) is 5.75 Å². The number of hydrogen-bond donors (Lipinski definition) is 5. The van der Waals surface area contributed by atoms with Gasteiger partial charge in [0.15, 0.2) is 6.61 Å². The van der Waals surface area contributed by atoms with E-state index in [9.17, 15) is 28.7 Å². The van der Waals surface area contributed by atoms with Crippen molar-refractivity contribution in [2.75, 3.05) is 32.9 Å². The Labute approximate surface area is 312 Å². The SMILES string of the molecule is Cc1cccc(C)c1OCC(=O)N[C@@H](Cc1ccccc1)[C@H](C[C@H](Cc1ccccc1)NC(=O)[C@H](C(C)C)N1CCCNC1=O)OCCOP(=O)(O)O. The topological polar surface area (TPSA) is 176 Å². The number of urea groups is 1. The highest BCUT2D eigenvalue weighted by Gasteiger charge is 2.36. The van der Waals surface area contributed by atoms with Gasteiger partial charge in [-0.25, -0.2) is 9.36 Å². The van der Waals surface area contributed by atoms with Crippen LogP contribution < -0.4 is 20.7 Å². The summed E-state index contributed by atoms with van der Waals surface area (Å²) >= 11 is 0. The molecule has 0 spiro atoms. The minimum atomic E-state index is -4.77. The van der Waals surface area contributed by atoms with E-state index in [0.717, 1.165) is 28.7 Å². The first-order chi connectivity index (χ1) is 25.3. The van der Waals surface area contributed by atoms with Crippen LogP contribution in [-0.4, -0.2) is 89.7 Å². The minimum Gasteiger partial charge on any atom is -0.483 e. The molecule has 0 bridgehead atoms. The molecule has 4 amide bonds. The monoisotopic (exact) mass is 752 g/mol. The maximum Gasteiger partial charge on any atom is 0.469 e. The molecule has 1 aliphatic rings. The minimum absolute atomic E-state index is 0.185. The van der Waals surface area contributed by atoms with Gasteiger partial charge in [-0.1, -0.05) is 92.7 Å². The first-order valence-electron chi connectivity index (χ1n) is 18.0. The summed E-state index contributed by atoms with van der Waals surface area (Å²) in [6.07, 6.45) is 0.891. The highest BCUT2D eigenvalue weighted by Crippen LogP contribution is 2.35. The molecule has 1 saturated heterocycles. The molecule has 0 radical (unpaired) electrons. The number of hydrogen-bond acceptors (Lipinski definition) is 7. The average Bonchev–Trinajstić information content (AvgIpc) is 3.10. The third-order valence-electron chi connectivity index (χ3n) is 9.06. The molecule has 288 valence electrons. The number of amides is 4. The van der Waals surface area contributed by atoms with Crippen LogP contribution in [0.4, 0.5) is 4.79 Å². The van der Waals surface area contributed by atoms with E-state index in [0.29, 0.717) is 31.7 Å². The van der Waals surface area contributed by atoms with E-state index in [4.69, 9.17) is 14.0 Å². The highest BCUT2D eigenvalue weighted by atomic mass is 31.2. The Hall–Kier alpha value is -4.26. The lowest BCUT2D eigenvalue weighted by atomic mass is 9.92. The summed E-state index contributed by atoms with van der Waals surface area (Å²) in [5.74, 6) is -0.270. The number of carbonyl (C=O) groups excluding carboxylic acids is 3. The molecule has 4 atom stereocenters. The lowest BCUT2D eigenvalue weighted by Crippen LogP contribution is -2.59. The van der Waals surface area contributed by atoms with E-state index in [2.05, 4.69) is 16.0 Å². The largest absolute Gasteiger partial charge is 0.483 e. The summed E-state index contributed by atoms with van der Waals surface area (Å²) in [4.78, 5) is 60.8. The van der Waals surface area contributed by atoms with E-state index < -0.39 is 44.6 Å². The summed E-state index contributed by atoms with van der Waals surface area (Å²) < 4.78 is 28.4. The Morgan fingerprint density at radius 3 is 2.09 bits per heavy atom. The van der Waals surface area contributed by atoms with Gasteiger partial charge in [-0.2, -0.15) is 0 Å². The fourth-order valence-electron chi connectivity index (χ4n) is 6.64. The predicted octanol–water partition coefficient (Wildman–Crippen LogP) is 4.46. The predicted molar refractivity (Wildman–Crippen MR) is 201 cm³/mol. The van der Waals surface area contributed by atoms with Gasteiger partial charge in [0.05, 0.1) is 25.4 Å². The zero-order chi connectivity index (χ0) is 38.4. The van der Waals surface area contributed by atoms with Crippen molar-refractivity contribution in [1.82, 2.24) is 20.9 Å². The van der Waals surface area contributed by atoms with Gasteiger partial charge >= 0.3 is 13.9 Å². The van der Waals surface area contributed by atoms with Crippen molar-refractivity contribution in [3.8, 4) is 5.75 Å². The molecule has 4 rings (SSSR count). The van der Waals surface area contributed by atoms with Gasteiger partial charge in [-0.05, 0) is 67.7 Å². The smallest absolute Gasteiger partial charge is 0.469 e. The molecule has 1 aliphatic heterocycles. The van der Waals surface area contributed by atoms with Crippen molar-refractivity contribution in [3.63, 3.8) is 0 Å². The van der Waals surface area contributed by atoms with Crippen LogP contribution in [0.1, 0.15) is 48.9 Å². The van der Waals surface area contributed by atoms with Crippen molar-refractivity contribution < 1.29 is 42.7 Å². The summed E-state index contributed by atoms with van der Waals surface area (Å²) in [5, 5.41) is 9.14. The fourth-order valence-corrected chi connectivity index (χ4v) is 6.95. The van der Waals surface area contributed by atoms with Crippen molar-refractivity contribution in [2.24, 2.45) is 5.92 Å². The zero-order valence-electron chi connectivity index (χ0n) is 30.9. The molecule has 1 fully saturated rings. The molecule has 0 aliphatic carbocycles. The molecule has 3 aromatic carbocycles. The van der Waals surface area contributed by atoms with Gasteiger partial charge in [0, 0.05) is 19.1 Å². The van der Waals surface area contributed by atoms with Crippen LogP contribution in [0, 0.1) is 19.8 Å². The second kappa shape index (κ2) is 20.3. The normalized spacial score (nSPS) is 15.6. The Morgan fingerprint density at radius 2 is 1.51 bits per heavy atom. The second-order valence-electron chi connectivity index (χ2n) is 13.7. The van der Waals surface area contributed by atoms with Crippen molar-refractivity contribution in [2.45, 2.75) is 77.6 Å². The molecule has 0 saturated carbocycles. The van der Waals surface area contributed by atoms with Gasteiger partial charge in [-0.3, -0.25) is 14.1 Å². The lowest BCUT2D eigenvalue weighted by Gasteiger charge is -2.37. The van der Waals surface area contributed by atoms with Crippen molar-refractivity contribution in [1.29, 1.82) is 0 Å². The van der Waals surface area contributed by atoms with Gasteiger partial charge in [-0.15, -0.1) is 0 Å². The Bertz CT molecular complexity index is 1650. The average molecular weight is 753 g/mol. The number of nitrogens with one attached hydrogen (secondary N) is 3. The molecule has 3 aromatic rings. The standard InChI is InChI=1S/C39H53N4O9P/c1-27(2)36(43-20-12-19-40-39(43)46)38(45)41-32(23-30-15-7-5-8-16-30)25-34(50-21-22-52-53(47,48)49)33(24-31-17-9-6-10-18-31)42-35(44)26-51-37-28(3)13-11-14-29(37)4/h5-11,13-18,27,32-34,36H,12,19-26H2,1-4H3,(H,40,46)(H,41,45)(H,42,44)(H2,47,48,49)/t32-,33-,34-,36-/m0/s1. The molecular weight excluding hydrogens is 699 g/mol. The molecule has 1 heterocycles. The Kier molecular flexibility index (Phi) is 15.9. The van der Waals surface area contributed by atoms with E-state index in [1.165, 1.54) is 0 Å². The molecule has 0 unspecified atom stereocenters. The summed E-state index contributed by atoms with van der Waals surface area (Å²) in [5.41, 5.74) is 3.65. The number of phosphoric acid groups is 1. The molecular formula is C39H53N4O9P. The number of ether oxygens (including phenoxy) is 2. The van der Waals surface area contributed by atoms with E-state index in [1.807, 2.05) is 107 Å². The number of rotatable bonds is 20. The van der Waals surface area contributed by atoms with Gasteiger partial charge in [0.1, 0.15) is 11.8 Å². The van der Waals surface area contributed by atoms with Crippen LogP contribution in [0.3, 0.4) is 0 Å². The first kappa shape index (κ1) is 41.5. The van der Waals surface area contributed by atoms with Gasteiger partial charge in [0.25, 0.3) is 5.91 Å². The fraction of sp³-hybridized carbons (Fsp3) is 0.462. The number of nitrogens with zero attached hydrogens (tertiary/aromatic N) is 1. The molecule has 13 nitrogen and oxygen atoms in total. The van der Waals surface area contributed by atoms with E-state index >= 15 is 0 Å². The lowest BCUT2D eigenvalue weighted by molar-refractivity contribution is -0.129. The number of benzene rings is 3. The van der Waals surface area contributed by atoms with Crippen LogP contribution in [-0.2, 0) is 36.3 Å². The molecule has 14 heteroatoms. The number of phosphoric ester groups is 1. The van der Waals surface area contributed by atoms with E-state index in [-0.39, 0.29) is 37.5 Å². The maximum atomic E-state index is 14.1. The summed E-state index contributed by atoms with van der Waals surface area (Å²) in [6, 6.07) is 22.7. The molecule has 0 aromatic heterocycles. The number of para-hydroxylation sites is 1. The van der Waals surface area contributed by atoms with Crippen molar-refractivity contribution in [3.05, 3.63) is 101 Å². The molecule has 5 N–H and O–H groups in total. The number of carbonyl (C=O) groups is 3. The third kappa shape index (κ3) is 13.6. The maximum absolute atomic E-state index is 14.1. The van der Waals surface area contributed by atoms with Gasteiger partial charge < -0.3 is 40.1 Å². The Morgan fingerprint density at radius 1 is 0.887 bits per heavy atom. The number of aryl methyl sites for hydroxylation is 2. The first-order valence-corrected chi connectivity index (χ1v) is 19.6. The van der Waals surface area contributed by atoms with E-state index in [1.54, 1.807) is 4.90 Å². The quantitative estimate of drug-likeness (QED) is 0.0825. The van der Waals surface area contributed by atoms with Crippen LogP contribution in [0.25, 0.3) is 0 Å². The second-order valence-corrected chi connectivity index (χ2v) is 14.9. The van der Waals surface area contributed by atoms with Crippen molar-refractivity contribution >= 4 is 25.7 Å². The highest BCUT2D eigenvalue weighted by molar-refractivity contribution is 7.46. The zero-order valence-corrected chi connectivity index (χ0v) is 31.8. The molecule has 53 heavy (non-hydrogen) atoms. The van der Waals surface area contributed by atoms with Crippen LogP contribution >= 0.6 is 7.82 Å². The van der Waals surface area contributed by atoms with Crippen LogP contribution in [0.2, 0.25) is 0 Å². The summed E-state index contributed by atoms with van der Waals surface area (Å²) in [6.45, 7) is 7.74. The van der Waals surface area contributed by atoms with Crippen LogP contribution in [0.15, 0.2) is 78.9 Å². The summed E-state index contributed by atoms with van der Waals surface area (Å²) in [7, 11) is -4.77. The Balaban J connectivity index is 1.65. The van der Waals surface area contributed by atoms with Gasteiger partial charge in [0.2, 0.25) is 5.91 Å².